The van der Waals surface area contributed by atoms with E-state index >= 15 is 0 Å². The Balaban J connectivity index is 5.32. The summed E-state index contributed by atoms with van der Waals surface area (Å²) in [5.74, 6) is 0. The highest BCUT2D eigenvalue weighted by Gasteiger charge is 2.39. The molecule has 0 saturated heterocycles. The molecule has 0 unspecified atom stereocenters. The second-order valence-electron chi connectivity index (χ2n) is 4.20. The summed E-state index contributed by atoms with van der Waals surface area (Å²) in [6, 6.07) is 0. The van der Waals surface area contributed by atoms with Gasteiger partial charge in [0.15, 0.2) is 0 Å². The molecule has 6 heteroatoms. The largest absolute Gasteiger partial charge is 0.329 e. The molecule has 0 aromatic carbocycles. The average Bonchev–Trinajstić information content (AvgIpc) is 2.33. The van der Waals surface area contributed by atoms with E-state index in [0.29, 0.717) is 19.6 Å². The third-order valence-electron chi connectivity index (χ3n) is 3.74. The van der Waals surface area contributed by atoms with E-state index in [0.717, 1.165) is 12.8 Å². The van der Waals surface area contributed by atoms with E-state index in [4.69, 9.17) is 5.73 Å². The Morgan fingerprint density at radius 2 is 1.47 bits per heavy atom. The molecule has 0 atom stereocenters. The quantitative estimate of drug-likeness (QED) is 0.712. The van der Waals surface area contributed by atoms with Gasteiger partial charge in [-0.25, -0.2) is 0 Å². The molecule has 0 spiro atoms. The topological polar surface area (TPSA) is 66.6 Å². The van der Waals surface area contributed by atoms with Crippen LogP contribution in [-0.2, 0) is 10.2 Å². The van der Waals surface area contributed by atoms with Gasteiger partial charge in [0.05, 0.1) is 0 Å². The highest BCUT2D eigenvalue weighted by molar-refractivity contribution is 7.86. The van der Waals surface area contributed by atoms with Crippen molar-refractivity contribution in [3.05, 3.63) is 0 Å². The average molecular weight is 265 g/mol. The van der Waals surface area contributed by atoms with Crippen molar-refractivity contribution in [3.63, 3.8) is 0 Å². The van der Waals surface area contributed by atoms with Crippen molar-refractivity contribution in [2.24, 2.45) is 5.73 Å². The maximum absolute atomic E-state index is 12.4. The van der Waals surface area contributed by atoms with Crippen LogP contribution in [0.4, 0.5) is 0 Å². The third kappa shape index (κ3) is 3.19. The van der Waals surface area contributed by atoms with E-state index in [1.54, 1.807) is 7.05 Å². The predicted molar refractivity (Wildman–Crippen MR) is 72.0 cm³/mol. The van der Waals surface area contributed by atoms with Crippen LogP contribution in [0.3, 0.4) is 0 Å². The lowest BCUT2D eigenvalue weighted by atomic mass is 9.93. The van der Waals surface area contributed by atoms with Crippen molar-refractivity contribution >= 4 is 10.2 Å². The first kappa shape index (κ1) is 16.8. The molecule has 0 aromatic heterocycles. The minimum atomic E-state index is -3.41. The number of nitrogens with two attached hydrogens (primary N) is 1. The summed E-state index contributed by atoms with van der Waals surface area (Å²) in [5, 5.41) is 0. The maximum atomic E-state index is 12.4. The maximum Gasteiger partial charge on any atom is 0.282 e. The highest BCUT2D eigenvalue weighted by atomic mass is 32.2. The molecular weight excluding hydrogens is 238 g/mol. The van der Waals surface area contributed by atoms with Gasteiger partial charge in [0.1, 0.15) is 0 Å². The first-order chi connectivity index (χ1) is 7.86. The van der Waals surface area contributed by atoms with Gasteiger partial charge in [-0.2, -0.15) is 17.0 Å². The predicted octanol–water partition coefficient (Wildman–Crippen LogP) is 1.02. The fourth-order valence-electron chi connectivity index (χ4n) is 2.08. The van der Waals surface area contributed by atoms with Crippen molar-refractivity contribution < 1.29 is 8.42 Å². The van der Waals surface area contributed by atoms with Crippen molar-refractivity contribution in [1.29, 1.82) is 0 Å². The first-order valence-corrected chi connectivity index (χ1v) is 7.70. The number of rotatable bonds is 8. The fraction of sp³-hybridized carbons (Fsp3) is 1.00. The van der Waals surface area contributed by atoms with E-state index in [9.17, 15) is 8.42 Å². The highest BCUT2D eigenvalue weighted by Crippen LogP contribution is 2.25. The second-order valence-corrected chi connectivity index (χ2v) is 6.15. The van der Waals surface area contributed by atoms with Gasteiger partial charge in [-0.15, -0.1) is 0 Å². The van der Waals surface area contributed by atoms with Crippen LogP contribution in [0.2, 0.25) is 0 Å². The lowest BCUT2D eigenvalue weighted by Gasteiger charge is -2.40. The minimum Gasteiger partial charge on any atom is -0.329 e. The zero-order valence-corrected chi connectivity index (χ0v) is 12.5. The molecule has 0 bridgehead atoms. The van der Waals surface area contributed by atoms with Gasteiger partial charge < -0.3 is 5.73 Å². The summed E-state index contributed by atoms with van der Waals surface area (Å²) >= 11 is 0. The second kappa shape index (κ2) is 6.68. The van der Waals surface area contributed by atoms with Gasteiger partial charge in [-0.3, -0.25) is 0 Å². The van der Waals surface area contributed by atoms with Gasteiger partial charge in [0.25, 0.3) is 10.2 Å². The van der Waals surface area contributed by atoms with Gasteiger partial charge >= 0.3 is 0 Å². The smallest absolute Gasteiger partial charge is 0.282 e. The molecule has 0 aliphatic rings. The van der Waals surface area contributed by atoms with Crippen molar-refractivity contribution in [2.45, 2.75) is 46.1 Å². The third-order valence-corrected chi connectivity index (χ3v) is 5.99. The van der Waals surface area contributed by atoms with E-state index in [-0.39, 0.29) is 0 Å². The molecule has 0 amide bonds. The summed E-state index contributed by atoms with van der Waals surface area (Å²) in [7, 11) is -1.78. The Labute approximate surface area is 106 Å². The van der Waals surface area contributed by atoms with Crippen LogP contribution < -0.4 is 5.73 Å². The van der Waals surface area contributed by atoms with Crippen LogP contribution in [0.25, 0.3) is 0 Å². The van der Waals surface area contributed by atoms with Gasteiger partial charge in [0, 0.05) is 32.2 Å². The Bertz CT molecular complexity index is 300. The lowest BCUT2D eigenvalue weighted by Crippen LogP contribution is -2.57. The number of hydrogen-bond donors (Lipinski definition) is 1. The molecule has 0 aliphatic carbocycles. The summed E-state index contributed by atoms with van der Waals surface area (Å²) in [6.07, 6.45) is 1.44. The summed E-state index contributed by atoms with van der Waals surface area (Å²) in [5.41, 5.74) is 5.31. The molecule has 0 aliphatic heterocycles. The van der Waals surface area contributed by atoms with Crippen LogP contribution >= 0.6 is 0 Å². The first-order valence-electron chi connectivity index (χ1n) is 6.30. The summed E-state index contributed by atoms with van der Waals surface area (Å²) < 4.78 is 27.7. The molecular formula is C11H27N3O2S. The Kier molecular flexibility index (Phi) is 6.61. The Hall–Kier alpha value is -0.170. The fourth-order valence-corrected chi connectivity index (χ4v) is 3.90. The molecule has 17 heavy (non-hydrogen) atoms. The van der Waals surface area contributed by atoms with E-state index < -0.39 is 15.7 Å². The number of hydrogen-bond acceptors (Lipinski definition) is 3. The van der Waals surface area contributed by atoms with E-state index in [1.807, 2.05) is 27.7 Å². The molecule has 0 saturated carbocycles. The monoisotopic (exact) mass is 265 g/mol. The summed E-state index contributed by atoms with van der Waals surface area (Å²) in [4.78, 5) is 0. The molecule has 0 radical (unpaired) electrons. The van der Waals surface area contributed by atoms with Crippen LogP contribution in [0, 0.1) is 0 Å². The zero-order valence-electron chi connectivity index (χ0n) is 11.7. The molecule has 0 rings (SSSR count). The molecule has 2 N–H and O–H groups in total. The van der Waals surface area contributed by atoms with Crippen LogP contribution in [0.1, 0.15) is 40.5 Å². The van der Waals surface area contributed by atoms with E-state index in [1.165, 1.54) is 8.61 Å². The standard InChI is InChI=1S/C11H27N3O2S/c1-6-11(7-2,10-12)13(5)17(15,16)14(8-3)9-4/h6-10,12H2,1-5H3. The number of nitrogens with zero attached hydrogens (tertiary/aromatic N) is 2. The van der Waals surface area contributed by atoms with Gasteiger partial charge in [-0.05, 0) is 12.8 Å². The SMILES string of the molecule is CCN(CC)S(=O)(=O)N(C)C(CC)(CC)CN. The van der Waals surface area contributed by atoms with Crippen LogP contribution in [0.5, 0.6) is 0 Å². The van der Waals surface area contributed by atoms with Gasteiger partial charge in [0.2, 0.25) is 0 Å². The molecule has 104 valence electrons. The Morgan fingerprint density at radius 3 is 1.71 bits per heavy atom. The lowest BCUT2D eigenvalue weighted by molar-refractivity contribution is 0.194. The normalized spacial score (nSPS) is 13.6. The van der Waals surface area contributed by atoms with Crippen LogP contribution in [-0.4, -0.2) is 49.2 Å². The molecule has 5 nitrogen and oxygen atoms in total. The van der Waals surface area contributed by atoms with Crippen LogP contribution in [0.15, 0.2) is 0 Å². The number of likely N-dealkylation sites (N-methyl/N-ethyl adjacent to an activating group) is 1. The van der Waals surface area contributed by atoms with E-state index in [2.05, 4.69) is 0 Å². The molecule has 0 heterocycles. The molecule has 0 aromatic rings. The zero-order chi connectivity index (χ0) is 13.7. The molecule has 0 fully saturated rings. The van der Waals surface area contributed by atoms with Crippen molar-refractivity contribution in [3.8, 4) is 0 Å². The summed E-state index contributed by atoms with van der Waals surface area (Å²) in [6.45, 7) is 8.95. The van der Waals surface area contributed by atoms with Crippen molar-refractivity contribution in [1.82, 2.24) is 8.61 Å². The minimum absolute atomic E-state index is 0.344. The van der Waals surface area contributed by atoms with Gasteiger partial charge in [-0.1, -0.05) is 27.7 Å². The van der Waals surface area contributed by atoms with Crippen molar-refractivity contribution in [2.75, 3.05) is 26.7 Å². The Morgan fingerprint density at radius 1 is 1.06 bits per heavy atom.